The molecule has 0 aliphatic rings. The number of nitrogens with two attached hydrogens (primary N) is 1. The van der Waals surface area contributed by atoms with Crippen molar-refractivity contribution in [1.82, 2.24) is 9.97 Å². The topological polar surface area (TPSA) is 73.5 Å². The maximum atomic E-state index is 5.76. The van der Waals surface area contributed by atoms with Gasteiger partial charge in [0.15, 0.2) is 0 Å². The Morgan fingerprint density at radius 2 is 1.71 bits per heavy atom. The first kappa shape index (κ1) is 15.0. The van der Waals surface area contributed by atoms with E-state index in [9.17, 15) is 0 Å². The zero-order valence-electron chi connectivity index (χ0n) is 12.0. The lowest BCUT2D eigenvalue weighted by atomic mass is 10.1. The van der Waals surface area contributed by atoms with E-state index in [1.54, 1.807) is 11.0 Å². The Balaban J connectivity index is 2.49. The summed E-state index contributed by atoms with van der Waals surface area (Å²) in [6, 6.07) is 9.12. The van der Waals surface area contributed by atoms with Crippen LogP contribution in [0.15, 0.2) is 30.3 Å². The largest absolute Gasteiger partial charge is 0.481 e. The smallest absolute Gasteiger partial charge is 0.236 e. The SMILES string of the molecule is COc1cc(OC)nc(N(C)c2ccccc2C(N)=S)n1. The lowest BCUT2D eigenvalue weighted by molar-refractivity contribution is 0.372. The van der Waals surface area contributed by atoms with Crippen LogP contribution >= 0.6 is 12.2 Å². The minimum Gasteiger partial charge on any atom is -0.481 e. The van der Waals surface area contributed by atoms with Gasteiger partial charge in [0.05, 0.1) is 26.0 Å². The van der Waals surface area contributed by atoms with E-state index in [2.05, 4.69) is 9.97 Å². The van der Waals surface area contributed by atoms with Gasteiger partial charge in [-0.15, -0.1) is 0 Å². The lowest BCUT2D eigenvalue weighted by Crippen LogP contribution is -2.19. The van der Waals surface area contributed by atoms with Crippen LogP contribution in [0.25, 0.3) is 0 Å². The maximum absolute atomic E-state index is 5.76. The third kappa shape index (κ3) is 3.19. The van der Waals surface area contributed by atoms with E-state index in [-0.39, 0.29) is 0 Å². The summed E-state index contributed by atoms with van der Waals surface area (Å²) in [5.74, 6) is 1.25. The van der Waals surface area contributed by atoms with Crippen molar-refractivity contribution < 1.29 is 9.47 Å². The average Bonchev–Trinajstić information content (AvgIpc) is 2.53. The summed E-state index contributed by atoms with van der Waals surface area (Å²) in [7, 11) is 4.90. The van der Waals surface area contributed by atoms with Crippen LogP contribution in [0.4, 0.5) is 11.6 Å². The standard InChI is InChI=1S/C14H16N4O2S/c1-18(10-7-5-4-6-9(10)13(15)21)14-16-11(19-2)8-12(17-14)20-3/h4-8H,1-3H3,(H2,15,21). The van der Waals surface area contributed by atoms with Crippen LogP contribution < -0.4 is 20.1 Å². The molecule has 0 fully saturated rings. The van der Waals surface area contributed by atoms with Crippen LogP contribution in [-0.4, -0.2) is 36.2 Å². The van der Waals surface area contributed by atoms with Gasteiger partial charge >= 0.3 is 0 Å². The van der Waals surface area contributed by atoms with Crippen LogP contribution in [-0.2, 0) is 0 Å². The van der Waals surface area contributed by atoms with E-state index < -0.39 is 0 Å². The molecule has 0 aliphatic carbocycles. The first-order chi connectivity index (χ1) is 10.1. The summed E-state index contributed by atoms with van der Waals surface area (Å²) in [4.78, 5) is 10.7. The van der Waals surface area contributed by atoms with Crippen LogP contribution in [0.2, 0.25) is 0 Å². The van der Waals surface area contributed by atoms with Crippen LogP contribution in [0.5, 0.6) is 11.8 Å². The van der Waals surface area contributed by atoms with Gasteiger partial charge in [0, 0.05) is 12.6 Å². The number of anilines is 2. The molecular formula is C14H16N4O2S. The molecule has 0 saturated heterocycles. The van der Waals surface area contributed by atoms with Crippen molar-refractivity contribution in [2.24, 2.45) is 5.73 Å². The minimum atomic E-state index is 0.312. The van der Waals surface area contributed by atoms with Crippen molar-refractivity contribution in [3.05, 3.63) is 35.9 Å². The van der Waals surface area contributed by atoms with E-state index in [0.29, 0.717) is 22.7 Å². The third-order valence-electron chi connectivity index (χ3n) is 2.92. The van der Waals surface area contributed by atoms with Crippen LogP contribution in [0.3, 0.4) is 0 Å². The molecule has 2 N–H and O–H groups in total. The van der Waals surface area contributed by atoms with Gasteiger partial charge in [-0.05, 0) is 12.1 Å². The second kappa shape index (κ2) is 6.36. The highest BCUT2D eigenvalue weighted by Gasteiger charge is 2.15. The fraction of sp³-hybridized carbons (Fsp3) is 0.214. The number of hydrogen-bond acceptors (Lipinski definition) is 6. The van der Waals surface area contributed by atoms with Gasteiger partial charge in [-0.1, -0.05) is 24.4 Å². The molecule has 0 atom stereocenters. The van der Waals surface area contributed by atoms with E-state index in [1.165, 1.54) is 14.2 Å². The molecule has 1 aromatic carbocycles. The van der Waals surface area contributed by atoms with Crippen molar-refractivity contribution in [2.45, 2.75) is 0 Å². The highest BCUT2D eigenvalue weighted by molar-refractivity contribution is 7.80. The molecule has 0 aliphatic heterocycles. The van der Waals surface area contributed by atoms with E-state index in [4.69, 9.17) is 27.4 Å². The number of hydrogen-bond donors (Lipinski definition) is 1. The monoisotopic (exact) mass is 304 g/mol. The molecular weight excluding hydrogens is 288 g/mol. The predicted octanol–water partition coefficient (Wildman–Crippen LogP) is 1.90. The van der Waals surface area contributed by atoms with Gasteiger partial charge < -0.3 is 20.1 Å². The first-order valence-electron chi connectivity index (χ1n) is 6.16. The fourth-order valence-corrected chi connectivity index (χ4v) is 2.01. The second-order valence-electron chi connectivity index (χ2n) is 4.19. The highest BCUT2D eigenvalue weighted by Crippen LogP contribution is 2.27. The van der Waals surface area contributed by atoms with E-state index in [0.717, 1.165) is 11.3 Å². The fourth-order valence-electron chi connectivity index (χ4n) is 1.83. The molecule has 1 aromatic heterocycles. The summed E-state index contributed by atoms with van der Waals surface area (Å²) in [5, 5.41) is 0. The molecule has 2 rings (SSSR count). The van der Waals surface area contributed by atoms with Crippen molar-refractivity contribution in [2.75, 3.05) is 26.2 Å². The molecule has 110 valence electrons. The summed E-state index contributed by atoms with van der Waals surface area (Å²) >= 11 is 5.08. The number of benzene rings is 1. The molecule has 0 saturated carbocycles. The number of methoxy groups -OCH3 is 2. The quantitative estimate of drug-likeness (QED) is 0.846. The normalized spacial score (nSPS) is 10.0. The summed E-state index contributed by atoms with van der Waals surface area (Å²) in [6.45, 7) is 0. The average molecular weight is 304 g/mol. The Morgan fingerprint density at radius 1 is 1.14 bits per heavy atom. The van der Waals surface area contributed by atoms with Crippen molar-refractivity contribution in [3.8, 4) is 11.8 Å². The Labute approximate surface area is 128 Å². The molecule has 0 unspecified atom stereocenters. The third-order valence-corrected chi connectivity index (χ3v) is 3.14. The van der Waals surface area contributed by atoms with Crippen molar-refractivity contribution in [1.29, 1.82) is 0 Å². The summed E-state index contributed by atoms with van der Waals surface area (Å²) < 4.78 is 10.3. The predicted molar refractivity (Wildman–Crippen MR) is 85.5 cm³/mol. The molecule has 2 aromatic rings. The Hall–Kier alpha value is -2.41. The van der Waals surface area contributed by atoms with E-state index in [1.807, 2.05) is 31.3 Å². The van der Waals surface area contributed by atoms with Gasteiger partial charge in [-0.3, -0.25) is 0 Å². The zero-order valence-corrected chi connectivity index (χ0v) is 12.8. The second-order valence-corrected chi connectivity index (χ2v) is 4.63. The van der Waals surface area contributed by atoms with Gasteiger partial charge in [-0.2, -0.15) is 9.97 Å². The molecule has 7 heteroatoms. The van der Waals surface area contributed by atoms with Crippen molar-refractivity contribution in [3.63, 3.8) is 0 Å². The Kier molecular flexibility index (Phi) is 4.54. The van der Waals surface area contributed by atoms with Crippen molar-refractivity contribution >= 4 is 28.8 Å². The lowest BCUT2D eigenvalue weighted by Gasteiger charge is -2.20. The highest BCUT2D eigenvalue weighted by atomic mass is 32.1. The van der Waals surface area contributed by atoms with Crippen LogP contribution in [0, 0.1) is 0 Å². The maximum Gasteiger partial charge on any atom is 0.236 e. The van der Waals surface area contributed by atoms with Gasteiger partial charge in [0.2, 0.25) is 17.7 Å². The molecule has 6 nitrogen and oxygen atoms in total. The Morgan fingerprint density at radius 3 is 2.24 bits per heavy atom. The number of thiocarbonyl (C=S) groups is 1. The summed E-state index contributed by atoms with van der Waals surface area (Å²) in [6.07, 6.45) is 0. The van der Waals surface area contributed by atoms with Crippen LogP contribution in [0.1, 0.15) is 5.56 Å². The zero-order chi connectivity index (χ0) is 15.4. The Bertz CT molecular complexity index is 641. The number of aromatic nitrogens is 2. The first-order valence-corrected chi connectivity index (χ1v) is 6.57. The number of para-hydroxylation sites is 1. The summed E-state index contributed by atoms with van der Waals surface area (Å²) in [5.41, 5.74) is 7.31. The molecule has 0 amide bonds. The minimum absolute atomic E-state index is 0.312. The molecule has 0 spiro atoms. The number of nitrogens with zero attached hydrogens (tertiary/aromatic N) is 3. The van der Waals surface area contributed by atoms with Gasteiger partial charge in [-0.25, -0.2) is 0 Å². The number of rotatable bonds is 5. The van der Waals surface area contributed by atoms with E-state index >= 15 is 0 Å². The molecule has 0 bridgehead atoms. The van der Waals surface area contributed by atoms with Gasteiger partial charge in [0.1, 0.15) is 4.99 Å². The van der Waals surface area contributed by atoms with Gasteiger partial charge in [0.25, 0.3) is 0 Å². The molecule has 21 heavy (non-hydrogen) atoms. The molecule has 1 heterocycles. The molecule has 0 radical (unpaired) electrons. The number of ether oxygens (including phenoxy) is 2.